The summed E-state index contributed by atoms with van der Waals surface area (Å²) in [6, 6.07) is 16.5. The van der Waals surface area contributed by atoms with Crippen molar-refractivity contribution >= 4 is 5.91 Å². The summed E-state index contributed by atoms with van der Waals surface area (Å²) in [4.78, 5) is 12.1. The first-order chi connectivity index (χ1) is 12.1. The number of hydrogen-bond acceptors (Lipinski definition) is 2. The van der Waals surface area contributed by atoms with E-state index in [0.29, 0.717) is 13.2 Å². The molecule has 1 amide bonds. The Labute approximate surface area is 148 Å². The summed E-state index contributed by atoms with van der Waals surface area (Å²) in [5.41, 5.74) is 2.20. The fourth-order valence-electron chi connectivity index (χ4n) is 3.06. The zero-order valence-corrected chi connectivity index (χ0v) is 14.5. The summed E-state index contributed by atoms with van der Waals surface area (Å²) in [6.45, 7) is 3.26. The lowest BCUT2D eigenvalue weighted by Gasteiger charge is -2.13. The molecule has 25 heavy (non-hydrogen) atoms. The van der Waals surface area contributed by atoms with E-state index in [4.69, 9.17) is 4.74 Å². The van der Waals surface area contributed by atoms with Gasteiger partial charge in [-0.2, -0.15) is 0 Å². The molecule has 3 rings (SSSR count). The molecule has 2 aromatic rings. The van der Waals surface area contributed by atoms with Crippen LogP contribution >= 0.6 is 0 Å². The summed E-state index contributed by atoms with van der Waals surface area (Å²) >= 11 is 0. The lowest BCUT2D eigenvalue weighted by Crippen LogP contribution is -2.27. The molecule has 132 valence electrons. The largest absolute Gasteiger partial charge is 0.374 e. The van der Waals surface area contributed by atoms with Gasteiger partial charge in [-0.15, -0.1) is 0 Å². The van der Waals surface area contributed by atoms with Crippen LogP contribution in [0.15, 0.2) is 54.6 Å². The SMILES string of the molecule is CC(OCCCNC(=O)C1CC1c1ccc(F)cc1)c1ccccc1. The Balaban J connectivity index is 1.32. The Morgan fingerprint density at radius 1 is 1.20 bits per heavy atom. The molecule has 0 radical (unpaired) electrons. The van der Waals surface area contributed by atoms with Gasteiger partial charge in [-0.1, -0.05) is 42.5 Å². The van der Waals surface area contributed by atoms with Gasteiger partial charge in [-0.25, -0.2) is 4.39 Å². The van der Waals surface area contributed by atoms with Crippen molar-refractivity contribution in [2.45, 2.75) is 31.8 Å². The number of amides is 1. The second kappa shape index (κ2) is 8.26. The van der Waals surface area contributed by atoms with Crippen molar-refractivity contribution in [1.82, 2.24) is 5.32 Å². The molecule has 1 aliphatic carbocycles. The average Bonchev–Trinajstić information content (AvgIpc) is 3.43. The minimum atomic E-state index is -0.241. The summed E-state index contributed by atoms with van der Waals surface area (Å²) in [5, 5.41) is 2.98. The molecule has 3 atom stereocenters. The maximum atomic E-state index is 12.9. The highest BCUT2D eigenvalue weighted by Crippen LogP contribution is 2.47. The van der Waals surface area contributed by atoms with E-state index in [0.717, 1.165) is 24.0 Å². The van der Waals surface area contributed by atoms with E-state index in [2.05, 4.69) is 17.4 Å². The first-order valence-corrected chi connectivity index (χ1v) is 8.85. The first kappa shape index (κ1) is 17.6. The Bertz CT molecular complexity index is 687. The second-order valence-electron chi connectivity index (χ2n) is 6.57. The molecule has 1 fully saturated rings. The first-order valence-electron chi connectivity index (χ1n) is 8.85. The fraction of sp³-hybridized carbons (Fsp3) is 0.381. The van der Waals surface area contributed by atoms with Crippen LogP contribution in [-0.2, 0) is 9.53 Å². The van der Waals surface area contributed by atoms with Gasteiger partial charge in [0.15, 0.2) is 0 Å². The summed E-state index contributed by atoms with van der Waals surface area (Å²) < 4.78 is 18.7. The van der Waals surface area contributed by atoms with Crippen LogP contribution in [0.4, 0.5) is 4.39 Å². The van der Waals surface area contributed by atoms with Gasteiger partial charge in [-0.3, -0.25) is 4.79 Å². The Morgan fingerprint density at radius 2 is 1.92 bits per heavy atom. The molecule has 0 bridgehead atoms. The van der Waals surface area contributed by atoms with Crippen molar-refractivity contribution in [2.75, 3.05) is 13.2 Å². The van der Waals surface area contributed by atoms with Gasteiger partial charge >= 0.3 is 0 Å². The van der Waals surface area contributed by atoms with Crippen molar-refractivity contribution < 1.29 is 13.9 Å². The van der Waals surface area contributed by atoms with E-state index < -0.39 is 0 Å². The summed E-state index contributed by atoms with van der Waals surface area (Å²) in [5.74, 6) is 0.102. The molecule has 2 aromatic carbocycles. The van der Waals surface area contributed by atoms with Crippen LogP contribution in [0.2, 0.25) is 0 Å². The molecule has 4 heteroatoms. The van der Waals surface area contributed by atoms with Crippen LogP contribution in [0.1, 0.15) is 42.9 Å². The third-order valence-corrected chi connectivity index (χ3v) is 4.68. The monoisotopic (exact) mass is 341 g/mol. The van der Waals surface area contributed by atoms with Crippen LogP contribution in [0.3, 0.4) is 0 Å². The van der Waals surface area contributed by atoms with E-state index in [1.807, 2.05) is 25.1 Å². The van der Waals surface area contributed by atoms with Crippen LogP contribution in [0.25, 0.3) is 0 Å². The quantitative estimate of drug-likeness (QED) is 0.730. The van der Waals surface area contributed by atoms with Gasteiger partial charge in [0.1, 0.15) is 5.82 Å². The number of halogens is 1. The molecule has 0 spiro atoms. The van der Waals surface area contributed by atoms with Gasteiger partial charge in [0.2, 0.25) is 5.91 Å². The van der Waals surface area contributed by atoms with E-state index >= 15 is 0 Å². The average molecular weight is 341 g/mol. The number of carbonyl (C=O) groups excluding carboxylic acids is 1. The highest BCUT2D eigenvalue weighted by atomic mass is 19.1. The number of hydrogen-bond donors (Lipinski definition) is 1. The van der Waals surface area contributed by atoms with Crippen molar-refractivity contribution in [3.05, 3.63) is 71.5 Å². The molecule has 1 aliphatic rings. The molecule has 3 nitrogen and oxygen atoms in total. The molecular formula is C21H24FNO2. The summed E-state index contributed by atoms with van der Waals surface area (Å²) in [6.07, 6.45) is 1.69. The molecular weight excluding hydrogens is 317 g/mol. The topological polar surface area (TPSA) is 38.3 Å². The molecule has 0 aromatic heterocycles. The van der Waals surface area contributed by atoms with Crippen molar-refractivity contribution in [3.63, 3.8) is 0 Å². The highest BCUT2D eigenvalue weighted by molar-refractivity contribution is 5.82. The van der Waals surface area contributed by atoms with Crippen molar-refractivity contribution in [1.29, 1.82) is 0 Å². The van der Waals surface area contributed by atoms with E-state index in [1.165, 1.54) is 12.1 Å². The van der Waals surface area contributed by atoms with Crippen molar-refractivity contribution in [3.8, 4) is 0 Å². The fourth-order valence-corrected chi connectivity index (χ4v) is 3.06. The van der Waals surface area contributed by atoms with E-state index in [-0.39, 0.29) is 29.7 Å². The highest BCUT2D eigenvalue weighted by Gasteiger charge is 2.43. The number of benzene rings is 2. The summed E-state index contributed by atoms with van der Waals surface area (Å²) in [7, 11) is 0. The zero-order valence-electron chi connectivity index (χ0n) is 14.5. The normalized spacial score (nSPS) is 20.1. The predicted molar refractivity (Wildman–Crippen MR) is 95.7 cm³/mol. The Hall–Kier alpha value is -2.20. The van der Waals surface area contributed by atoms with Gasteiger partial charge in [0, 0.05) is 19.1 Å². The molecule has 1 saturated carbocycles. The minimum Gasteiger partial charge on any atom is -0.374 e. The van der Waals surface area contributed by atoms with Gasteiger partial charge in [0.05, 0.1) is 6.10 Å². The Kier molecular flexibility index (Phi) is 5.82. The van der Waals surface area contributed by atoms with Crippen LogP contribution < -0.4 is 5.32 Å². The number of nitrogens with one attached hydrogen (secondary N) is 1. The molecule has 3 unspecified atom stereocenters. The smallest absolute Gasteiger partial charge is 0.223 e. The molecule has 0 aliphatic heterocycles. The predicted octanol–water partition coefficient (Wildman–Crippen LogP) is 4.21. The third kappa shape index (κ3) is 4.89. The van der Waals surface area contributed by atoms with Crippen LogP contribution in [-0.4, -0.2) is 19.1 Å². The molecule has 0 saturated heterocycles. The molecule has 0 heterocycles. The lowest BCUT2D eigenvalue weighted by molar-refractivity contribution is -0.122. The number of ether oxygens (including phenoxy) is 1. The zero-order chi connectivity index (χ0) is 17.6. The van der Waals surface area contributed by atoms with Crippen LogP contribution in [0.5, 0.6) is 0 Å². The second-order valence-corrected chi connectivity index (χ2v) is 6.57. The minimum absolute atomic E-state index is 0.0228. The third-order valence-electron chi connectivity index (χ3n) is 4.68. The van der Waals surface area contributed by atoms with Crippen molar-refractivity contribution in [2.24, 2.45) is 5.92 Å². The maximum Gasteiger partial charge on any atom is 0.223 e. The maximum absolute atomic E-state index is 12.9. The molecule has 1 N–H and O–H groups in total. The van der Waals surface area contributed by atoms with E-state index in [9.17, 15) is 9.18 Å². The van der Waals surface area contributed by atoms with Gasteiger partial charge in [0.25, 0.3) is 0 Å². The Morgan fingerprint density at radius 3 is 2.64 bits per heavy atom. The lowest BCUT2D eigenvalue weighted by atomic mass is 10.1. The van der Waals surface area contributed by atoms with Gasteiger partial charge in [-0.05, 0) is 48.9 Å². The standard InChI is InChI=1S/C21H24FNO2/c1-15(16-6-3-2-4-7-16)25-13-5-12-23-21(24)20-14-19(20)17-8-10-18(22)11-9-17/h2-4,6-11,15,19-20H,5,12-14H2,1H3,(H,23,24). The number of carbonyl (C=O) groups is 1. The van der Waals surface area contributed by atoms with E-state index in [1.54, 1.807) is 12.1 Å². The van der Waals surface area contributed by atoms with Gasteiger partial charge < -0.3 is 10.1 Å². The van der Waals surface area contributed by atoms with Crippen LogP contribution in [0, 0.1) is 11.7 Å². The number of rotatable bonds is 8.